The van der Waals surface area contributed by atoms with Crippen LogP contribution >= 0.6 is 11.8 Å². The average Bonchev–Trinajstić information content (AvgIpc) is 2.68. The van der Waals surface area contributed by atoms with E-state index in [0.717, 1.165) is 11.8 Å². The van der Waals surface area contributed by atoms with Gasteiger partial charge in [-0.3, -0.25) is 9.59 Å². The van der Waals surface area contributed by atoms with Crippen molar-refractivity contribution < 1.29 is 32.2 Å². The third kappa shape index (κ3) is 5.83. The third-order valence-electron chi connectivity index (χ3n) is 3.72. The molecule has 1 N–H and O–H groups in total. The molecule has 0 aliphatic carbocycles. The van der Waals surface area contributed by atoms with E-state index in [1.807, 2.05) is 0 Å². The molecule has 1 aromatic rings. The van der Waals surface area contributed by atoms with E-state index in [1.54, 1.807) is 6.07 Å². The number of methoxy groups -OCH3 is 2. The van der Waals surface area contributed by atoms with E-state index in [9.17, 15) is 18.0 Å². The summed E-state index contributed by atoms with van der Waals surface area (Å²) in [6.07, 6.45) is 0. The number of nitrogens with zero attached hydrogens (tertiary/aromatic N) is 1. The van der Waals surface area contributed by atoms with E-state index in [2.05, 4.69) is 10.1 Å². The number of sulfonamides is 1. The Morgan fingerprint density at radius 2 is 1.93 bits per heavy atom. The minimum Gasteiger partial charge on any atom is -0.495 e. The van der Waals surface area contributed by atoms with Crippen molar-refractivity contribution in [3.05, 3.63) is 18.2 Å². The van der Waals surface area contributed by atoms with Crippen LogP contribution in [0.2, 0.25) is 0 Å². The maximum atomic E-state index is 12.9. The molecule has 2 rings (SSSR count). The number of amides is 1. The Hall–Kier alpha value is -1.82. The molecule has 150 valence electrons. The van der Waals surface area contributed by atoms with Gasteiger partial charge in [-0.2, -0.15) is 4.31 Å². The molecule has 0 unspecified atom stereocenters. The van der Waals surface area contributed by atoms with Crippen LogP contribution in [0.5, 0.6) is 5.75 Å². The Morgan fingerprint density at radius 3 is 2.56 bits per heavy atom. The summed E-state index contributed by atoms with van der Waals surface area (Å²) in [5.74, 6) is -0.491. The zero-order valence-electron chi connectivity index (χ0n) is 15.1. The van der Waals surface area contributed by atoms with E-state index in [0.29, 0.717) is 18.9 Å². The van der Waals surface area contributed by atoms with Crippen molar-refractivity contribution >= 4 is 39.3 Å². The number of carbonyl (C=O) groups excluding carboxylic acids is 2. The van der Waals surface area contributed by atoms with Gasteiger partial charge in [-0.15, -0.1) is 11.8 Å². The van der Waals surface area contributed by atoms with E-state index < -0.39 is 16.0 Å². The molecule has 27 heavy (non-hydrogen) atoms. The van der Waals surface area contributed by atoms with Crippen molar-refractivity contribution in [3.63, 3.8) is 0 Å². The van der Waals surface area contributed by atoms with E-state index in [1.165, 1.54) is 30.7 Å². The predicted octanol–water partition coefficient (Wildman–Crippen LogP) is 0.561. The molecule has 11 heteroatoms. The minimum atomic E-state index is -3.78. The summed E-state index contributed by atoms with van der Waals surface area (Å²) >= 11 is 1.10. The number of hydrogen-bond acceptors (Lipinski definition) is 8. The molecule has 0 aromatic heterocycles. The zero-order valence-corrected chi connectivity index (χ0v) is 16.7. The minimum absolute atomic E-state index is 0.0214. The van der Waals surface area contributed by atoms with Crippen molar-refractivity contribution in [1.82, 2.24) is 4.31 Å². The first-order valence-electron chi connectivity index (χ1n) is 8.09. The lowest BCUT2D eigenvalue weighted by molar-refractivity contribution is -0.137. The van der Waals surface area contributed by atoms with Crippen LogP contribution in [0.4, 0.5) is 5.69 Å². The van der Waals surface area contributed by atoms with Gasteiger partial charge in [0.1, 0.15) is 10.6 Å². The molecule has 0 radical (unpaired) electrons. The monoisotopic (exact) mass is 418 g/mol. The normalized spacial score (nSPS) is 15.2. The number of ether oxygens (including phenoxy) is 3. The van der Waals surface area contributed by atoms with Gasteiger partial charge in [0.05, 0.1) is 38.9 Å². The number of anilines is 1. The number of esters is 1. The molecule has 1 aliphatic heterocycles. The standard InChI is InChI=1S/C16H22N2O7S2/c1-23-13-4-3-12(17-15(19)10-26-11-16(20)24-2)9-14(13)27(21,22)18-5-7-25-8-6-18/h3-4,9H,5-8,10-11H2,1-2H3,(H,17,19). The SMILES string of the molecule is COC(=O)CSCC(=O)Nc1ccc(OC)c(S(=O)(=O)N2CCOCC2)c1. The lowest BCUT2D eigenvalue weighted by Gasteiger charge is -2.26. The molecule has 9 nitrogen and oxygen atoms in total. The highest BCUT2D eigenvalue weighted by molar-refractivity contribution is 8.00. The molecule has 0 spiro atoms. The van der Waals surface area contributed by atoms with Gasteiger partial charge in [0.2, 0.25) is 15.9 Å². The Bertz CT molecular complexity index is 777. The smallest absolute Gasteiger partial charge is 0.315 e. The Labute approximate surface area is 162 Å². The fraction of sp³-hybridized carbons (Fsp3) is 0.500. The van der Waals surface area contributed by atoms with E-state index >= 15 is 0 Å². The lowest BCUT2D eigenvalue weighted by Crippen LogP contribution is -2.40. The predicted molar refractivity (Wildman–Crippen MR) is 101 cm³/mol. The summed E-state index contributed by atoms with van der Waals surface area (Å²) in [6.45, 7) is 1.17. The second kappa shape index (κ2) is 9.93. The molecule has 0 atom stereocenters. The van der Waals surface area contributed by atoms with Crippen molar-refractivity contribution in [2.24, 2.45) is 0 Å². The van der Waals surface area contributed by atoms with Gasteiger partial charge in [0.15, 0.2) is 0 Å². The van der Waals surface area contributed by atoms with Gasteiger partial charge >= 0.3 is 5.97 Å². The summed E-state index contributed by atoms with van der Waals surface area (Å²) in [7, 11) is -1.13. The van der Waals surface area contributed by atoms with Crippen molar-refractivity contribution in [2.45, 2.75) is 4.90 Å². The van der Waals surface area contributed by atoms with Crippen LogP contribution in [0.1, 0.15) is 0 Å². The average molecular weight is 418 g/mol. The van der Waals surface area contributed by atoms with Gasteiger partial charge in [0, 0.05) is 18.8 Å². The molecule has 1 heterocycles. The fourth-order valence-corrected chi connectivity index (χ4v) is 4.60. The zero-order chi connectivity index (χ0) is 19.9. The highest BCUT2D eigenvalue weighted by Gasteiger charge is 2.29. The van der Waals surface area contributed by atoms with Crippen LogP contribution in [-0.4, -0.2) is 76.6 Å². The largest absolute Gasteiger partial charge is 0.495 e. The molecule has 1 aromatic carbocycles. The Morgan fingerprint density at radius 1 is 1.22 bits per heavy atom. The van der Waals surface area contributed by atoms with Gasteiger partial charge < -0.3 is 19.5 Å². The van der Waals surface area contributed by atoms with Gasteiger partial charge in [-0.1, -0.05) is 0 Å². The van der Waals surface area contributed by atoms with Crippen molar-refractivity contribution in [1.29, 1.82) is 0 Å². The molecule has 0 saturated carbocycles. The van der Waals surface area contributed by atoms with Crippen molar-refractivity contribution in [3.8, 4) is 5.75 Å². The molecular weight excluding hydrogens is 396 g/mol. The van der Waals surface area contributed by atoms with Crippen LogP contribution in [0, 0.1) is 0 Å². The topological polar surface area (TPSA) is 111 Å². The summed E-state index contributed by atoms with van der Waals surface area (Å²) in [4.78, 5) is 23.0. The maximum absolute atomic E-state index is 12.9. The van der Waals surface area contributed by atoms with E-state index in [4.69, 9.17) is 9.47 Å². The number of morpholine rings is 1. The first-order chi connectivity index (χ1) is 12.9. The van der Waals surface area contributed by atoms with Gasteiger partial charge in [-0.25, -0.2) is 8.42 Å². The second-order valence-electron chi connectivity index (χ2n) is 5.50. The first-order valence-corrected chi connectivity index (χ1v) is 10.7. The van der Waals surface area contributed by atoms with Crippen LogP contribution in [0.3, 0.4) is 0 Å². The number of benzene rings is 1. The molecule has 0 bridgehead atoms. The van der Waals surface area contributed by atoms with Crippen LogP contribution in [0.25, 0.3) is 0 Å². The second-order valence-corrected chi connectivity index (χ2v) is 8.39. The first kappa shape index (κ1) is 21.5. The fourth-order valence-electron chi connectivity index (χ4n) is 2.37. The molecular formula is C16H22N2O7S2. The maximum Gasteiger partial charge on any atom is 0.315 e. The highest BCUT2D eigenvalue weighted by Crippen LogP contribution is 2.30. The Kier molecular flexibility index (Phi) is 7.90. The van der Waals surface area contributed by atoms with E-state index in [-0.39, 0.29) is 41.1 Å². The molecule has 1 fully saturated rings. The molecule has 1 aliphatic rings. The van der Waals surface area contributed by atoms with Crippen LogP contribution < -0.4 is 10.1 Å². The highest BCUT2D eigenvalue weighted by atomic mass is 32.2. The Balaban J connectivity index is 2.12. The summed E-state index contributed by atoms with van der Waals surface area (Å²) in [6, 6.07) is 4.41. The van der Waals surface area contributed by atoms with Crippen LogP contribution in [-0.2, 0) is 29.1 Å². The number of nitrogens with one attached hydrogen (secondary N) is 1. The number of carbonyl (C=O) groups is 2. The summed E-state index contributed by atoms with van der Waals surface area (Å²) in [5.41, 5.74) is 0.325. The van der Waals surface area contributed by atoms with Crippen LogP contribution in [0.15, 0.2) is 23.1 Å². The van der Waals surface area contributed by atoms with Gasteiger partial charge in [-0.05, 0) is 18.2 Å². The lowest BCUT2D eigenvalue weighted by atomic mass is 10.3. The number of hydrogen-bond donors (Lipinski definition) is 1. The van der Waals surface area contributed by atoms with Crippen molar-refractivity contribution in [2.75, 3.05) is 57.3 Å². The van der Waals surface area contributed by atoms with Gasteiger partial charge in [0.25, 0.3) is 0 Å². The quantitative estimate of drug-likeness (QED) is 0.610. The summed E-state index contributed by atoms with van der Waals surface area (Å²) in [5, 5.41) is 2.63. The number of thioether (sulfide) groups is 1. The molecule has 1 amide bonds. The molecule has 1 saturated heterocycles. The summed E-state index contributed by atoms with van der Waals surface area (Å²) < 4.78 is 42.0. The number of rotatable bonds is 8. The third-order valence-corrected chi connectivity index (χ3v) is 6.54.